The van der Waals surface area contributed by atoms with Crippen molar-refractivity contribution in [2.75, 3.05) is 26.2 Å². The van der Waals surface area contributed by atoms with Crippen LogP contribution in [-0.4, -0.2) is 70.4 Å². The van der Waals surface area contributed by atoms with Crippen molar-refractivity contribution in [3.8, 4) is 11.8 Å². The van der Waals surface area contributed by atoms with Crippen LogP contribution in [0.15, 0.2) is 21.4 Å². The minimum absolute atomic E-state index is 0.335. The molecule has 2 N–H and O–H groups in total. The standard InChI is InChI=1S/C15H19N3O4S/c19-12-13(20)15(12)9-16-23-10-3-4-11(17-14(10)22-15)21-8-7-18-5-1-2-6-18/h3-4,9,12-13,19-20H,1-2,5-8H2. The fourth-order valence-electron chi connectivity index (χ4n) is 2.90. The molecular weight excluding hydrogens is 318 g/mol. The van der Waals surface area contributed by atoms with Gasteiger partial charge in [-0.2, -0.15) is 4.98 Å². The number of aliphatic hydroxyl groups excluding tert-OH is 2. The summed E-state index contributed by atoms with van der Waals surface area (Å²) in [6, 6.07) is 3.61. The van der Waals surface area contributed by atoms with E-state index in [2.05, 4.69) is 14.3 Å². The van der Waals surface area contributed by atoms with E-state index in [4.69, 9.17) is 9.47 Å². The summed E-state index contributed by atoms with van der Waals surface area (Å²) in [7, 11) is 0. The van der Waals surface area contributed by atoms with E-state index in [1.807, 2.05) is 6.07 Å². The molecule has 4 rings (SSSR count). The average Bonchev–Trinajstić information content (AvgIpc) is 2.89. The third-order valence-corrected chi connectivity index (χ3v) is 5.17. The maximum Gasteiger partial charge on any atom is 0.233 e. The van der Waals surface area contributed by atoms with Gasteiger partial charge in [-0.05, 0) is 32.0 Å². The lowest BCUT2D eigenvalue weighted by Gasteiger charge is -2.16. The smallest absolute Gasteiger partial charge is 0.233 e. The van der Waals surface area contributed by atoms with Crippen molar-refractivity contribution >= 4 is 18.2 Å². The summed E-state index contributed by atoms with van der Waals surface area (Å²) in [5.74, 6) is 0.812. The van der Waals surface area contributed by atoms with Crippen molar-refractivity contribution in [1.82, 2.24) is 9.88 Å². The van der Waals surface area contributed by atoms with Gasteiger partial charge in [0.25, 0.3) is 0 Å². The normalized spacial score (nSPS) is 32.4. The molecule has 0 radical (unpaired) electrons. The number of aromatic nitrogens is 1. The molecule has 0 bridgehead atoms. The van der Waals surface area contributed by atoms with Crippen LogP contribution in [0.5, 0.6) is 11.8 Å². The maximum atomic E-state index is 9.75. The molecule has 2 atom stereocenters. The lowest BCUT2D eigenvalue weighted by molar-refractivity contribution is 0.146. The summed E-state index contributed by atoms with van der Waals surface area (Å²) in [4.78, 5) is 7.46. The maximum absolute atomic E-state index is 9.75. The lowest BCUT2D eigenvalue weighted by Crippen LogP contribution is -2.28. The molecule has 1 aliphatic carbocycles. The lowest BCUT2D eigenvalue weighted by atomic mass is 10.3. The van der Waals surface area contributed by atoms with Gasteiger partial charge in [-0.3, -0.25) is 4.90 Å². The molecule has 1 aromatic rings. The van der Waals surface area contributed by atoms with Gasteiger partial charge in [0.2, 0.25) is 17.4 Å². The van der Waals surface area contributed by atoms with Crippen molar-refractivity contribution in [3.63, 3.8) is 0 Å². The van der Waals surface area contributed by atoms with Crippen molar-refractivity contribution < 1.29 is 19.7 Å². The van der Waals surface area contributed by atoms with Gasteiger partial charge in [-0.1, -0.05) is 0 Å². The number of aliphatic hydroxyl groups is 2. The summed E-state index contributed by atoms with van der Waals surface area (Å²) in [6.07, 6.45) is 2.02. The zero-order chi connectivity index (χ0) is 15.9. The Balaban J connectivity index is 1.42. The molecule has 1 saturated heterocycles. The van der Waals surface area contributed by atoms with Crippen LogP contribution in [0.4, 0.5) is 0 Å². The SMILES string of the molecule is OC1C(O)C12C=NSc1ccc(OCCN3CCCC3)nc1O2. The third kappa shape index (κ3) is 2.80. The molecule has 23 heavy (non-hydrogen) atoms. The molecule has 0 amide bonds. The molecule has 2 aliphatic heterocycles. The minimum Gasteiger partial charge on any atom is -0.476 e. The zero-order valence-electron chi connectivity index (χ0n) is 12.6. The fraction of sp³-hybridized carbons (Fsp3) is 0.600. The predicted molar refractivity (Wildman–Crippen MR) is 85.1 cm³/mol. The van der Waals surface area contributed by atoms with Crippen molar-refractivity contribution in [2.45, 2.75) is 35.5 Å². The van der Waals surface area contributed by atoms with Gasteiger partial charge in [0.1, 0.15) is 18.8 Å². The number of hydrogen-bond acceptors (Lipinski definition) is 8. The Labute approximate surface area is 138 Å². The Morgan fingerprint density at radius 1 is 1.30 bits per heavy atom. The number of ether oxygens (including phenoxy) is 2. The van der Waals surface area contributed by atoms with Gasteiger partial charge < -0.3 is 19.7 Å². The largest absolute Gasteiger partial charge is 0.476 e. The highest BCUT2D eigenvalue weighted by atomic mass is 32.2. The van der Waals surface area contributed by atoms with Crippen LogP contribution in [-0.2, 0) is 0 Å². The predicted octanol–water partition coefficient (Wildman–Crippen LogP) is 0.501. The van der Waals surface area contributed by atoms with E-state index in [1.165, 1.54) is 31.0 Å². The Morgan fingerprint density at radius 2 is 2.09 bits per heavy atom. The monoisotopic (exact) mass is 337 g/mol. The Morgan fingerprint density at radius 3 is 2.83 bits per heavy atom. The molecule has 1 spiro atoms. The first-order valence-electron chi connectivity index (χ1n) is 7.82. The number of rotatable bonds is 4. The van der Waals surface area contributed by atoms with E-state index in [0.717, 1.165) is 24.5 Å². The Bertz CT molecular complexity index is 613. The van der Waals surface area contributed by atoms with E-state index in [1.54, 1.807) is 6.07 Å². The highest BCUT2D eigenvalue weighted by Crippen LogP contribution is 2.45. The first kappa shape index (κ1) is 15.2. The van der Waals surface area contributed by atoms with E-state index < -0.39 is 17.8 Å². The van der Waals surface area contributed by atoms with Crippen LogP contribution < -0.4 is 9.47 Å². The second kappa shape index (κ2) is 5.94. The van der Waals surface area contributed by atoms with E-state index in [0.29, 0.717) is 18.4 Å². The van der Waals surface area contributed by atoms with Crippen molar-refractivity contribution in [3.05, 3.63) is 12.1 Å². The first-order chi connectivity index (χ1) is 11.2. The summed E-state index contributed by atoms with van der Waals surface area (Å²) >= 11 is 1.20. The van der Waals surface area contributed by atoms with Gasteiger partial charge in [0, 0.05) is 24.6 Å². The van der Waals surface area contributed by atoms with Gasteiger partial charge >= 0.3 is 0 Å². The van der Waals surface area contributed by atoms with E-state index >= 15 is 0 Å². The number of likely N-dealkylation sites (tertiary alicyclic amines) is 1. The van der Waals surface area contributed by atoms with Crippen molar-refractivity contribution in [2.24, 2.45) is 4.40 Å². The Hall–Kier alpha value is -1.35. The zero-order valence-corrected chi connectivity index (χ0v) is 13.4. The minimum atomic E-state index is -1.17. The molecule has 3 heterocycles. The third-order valence-electron chi connectivity index (χ3n) is 4.45. The number of fused-ring (bicyclic) bond motifs is 1. The topological polar surface area (TPSA) is 87.4 Å². The second-order valence-corrected chi connectivity index (χ2v) is 6.85. The van der Waals surface area contributed by atoms with Crippen LogP contribution in [0, 0.1) is 0 Å². The Kier molecular flexibility index (Phi) is 3.92. The van der Waals surface area contributed by atoms with E-state index in [-0.39, 0.29) is 0 Å². The quantitative estimate of drug-likeness (QED) is 0.774. The summed E-state index contributed by atoms with van der Waals surface area (Å²) in [5.41, 5.74) is -1.17. The fourth-order valence-corrected chi connectivity index (χ4v) is 3.53. The van der Waals surface area contributed by atoms with Crippen LogP contribution in [0.3, 0.4) is 0 Å². The van der Waals surface area contributed by atoms with E-state index in [9.17, 15) is 10.2 Å². The average molecular weight is 337 g/mol. The van der Waals surface area contributed by atoms with Gasteiger partial charge in [0.05, 0.1) is 11.1 Å². The molecule has 2 fully saturated rings. The van der Waals surface area contributed by atoms with Crippen LogP contribution >= 0.6 is 11.9 Å². The second-order valence-electron chi connectivity index (χ2n) is 6.02. The van der Waals surface area contributed by atoms with Gasteiger partial charge in [-0.15, -0.1) is 0 Å². The molecule has 1 aromatic heterocycles. The molecule has 124 valence electrons. The van der Waals surface area contributed by atoms with Crippen LogP contribution in [0.2, 0.25) is 0 Å². The summed E-state index contributed by atoms with van der Waals surface area (Å²) < 4.78 is 15.6. The van der Waals surface area contributed by atoms with Gasteiger partial charge in [-0.25, -0.2) is 4.40 Å². The highest BCUT2D eigenvalue weighted by Gasteiger charge is 2.67. The molecule has 2 unspecified atom stereocenters. The molecule has 3 aliphatic rings. The molecule has 8 heteroatoms. The molecule has 1 saturated carbocycles. The van der Waals surface area contributed by atoms with Crippen LogP contribution in [0.25, 0.3) is 0 Å². The summed E-state index contributed by atoms with van der Waals surface area (Å²) in [5, 5.41) is 19.5. The summed E-state index contributed by atoms with van der Waals surface area (Å²) in [6.45, 7) is 3.73. The number of nitrogens with zero attached hydrogens (tertiary/aromatic N) is 3. The highest BCUT2D eigenvalue weighted by molar-refractivity contribution is 7.98. The molecule has 0 aromatic carbocycles. The molecular formula is C15H19N3O4S. The first-order valence-corrected chi connectivity index (χ1v) is 8.59. The number of hydrogen-bond donors (Lipinski definition) is 2. The van der Waals surface area contributed by atoms with Crippen LogP contribution in [0.1, 0.15) is 12.8 Å². The van der Waals surface area contributed by atoms with Crippen molar-refractivity contribution in [1.29, 1.82) is 0 Å². The van der Waals surface area contributed by atoms with Gasteiger partial charge in [0.15, 0.2) is 0 Å². The molecule has 7 nitrogen and oxygen atoms in total. The number of pyridine rings is 1.